The van der Waals surface area contributed by atoms with E-state index < -0.39 is 0 Å². The zero-order valence-electron chi connectivity index (χ0n) is 12.9. The second-order valence-electron chi connectivity index (χ2n) is 6.61. The minimum Gasteiger partial charge on any atom is -0.325 e. The highest BCUT2D eigenvalue weighted by atomic mass is 35.5. The van der Waals surface area contributed by atoms with Crippen molar-refractivity contribution < 1.29 is 14.4 Å². The second kappa shape index (κ2) is 5.74. The van der Waals surface area contributed by atoms with E-state index >= 15 is 0 Å². The van der Waals surface area contributed by atoms with Crippen LogP contribution in [0.15, 0.2) is 36.4 Å². The number of carbonyl (C=O) groups excluding carboxylic acids is 3. The Balaban J connectivity index is 1.38. The number of rotatable bonds is 4. The van der Waals surface area contributed by atoms with Crippen LogP contribution in [0.2, 0.25) is 5.02 Å². The number of hydrogen-bond donors (Lipinski definition) is 1. The first kappa shape index (κ1) is 15.4. The summed E-state index contributed by atoms with van der Waals surface area (Å²) in [5.74, 6) is -0.531. The Morgan fingerprint density at radius 1 is 1.12 bits per heavy atom. The lowest BCUT2D eigenvalue weighted by Gasteiger charge is -2.17. The molecule has 0 radical (unpaired) electrons. The van der Waals surface area contributed by atoms with Gasteiger partial charge in [0, 0.05) is 13.0 Å². The second-order valence-corrected chi connectivity index (χ2v) is 7.01. The van der Waals surface area contributed by atoms with Crippen molar-refractivity contribution in [2.45, 2.75) is 12.8 Å². The van der Waals surface area contributed by atoms with Gasteiger partial charge < -0.3 is 5.32 Å². The maximum atomic E-state index is 12.5. The SMILES string of the molecule is O=C(CCN1C(=O)C2C3C=CC(C3)C2C1=O)Nc1ccccc1Cl. The van der Waals surface area contributed by atoms with E-state index in [0.717, 1.165) is 6.42 Å². The number of carbonyl (C=O) groups is 3. The largest absolute Gasteiger partial charge is 0.325 e. The van der Waals surface area contributed by atoms with Gasteiger partial charge >= 0.3 is 0 Å². The van der Waals surface area contributed by atoms with Gasteiger partial charge in [-0.2, -0.15) is 0 Å². The maximum Gasteiger partial charge on any atom is 0.233 e. The summed E-state index contributed by atoms with van der Waals surface area (Å²) < 4.78 is 0. The van der Waals surface area contributed by atoms with Crippen molar-refractivity contribution in [1.82, 2.24) is 4.90 Å². The molecular formula is C18H17ClN2O3. The Bertz CT molecular complexity index is 730. The minimum absolute atomic E-state index is 0.0743. The van der Waals surface area contributed by atoms with E-state index in [9.17, 15) is 14.4 Å². The number of likely N-dealkylation sites (tertiary alicyclic amines) is 1. The van der Waals surface area contributed by atoms with Crippen LogP contribution < -0.4 is 5.32 Å². The topological polar surface area (TPSA) is 66.5 Å². The van der Waals surface area contributed by atoms with Crippen molar-refractivity contribution in [1.29, 1.82) is 0 Å². The van der Waals surface area contributed by atoms with Crippen molar-refractivity contribution in [2.75, 3.05) is 11.9 Å². The molecule has 24 heavy (non-hydrogen) atoms. The molecule has 2 aliphatic carbocycles. The molecule has 1 aromatic rings. The Kier molecular flexibility index (Phi) is 3.68. The van der Waals surface area contributed by atoms with Crippen LogP contribution >= 0.6 is 11.6 Å². The van der Waals surface area contributed by atoms with Gasteiger partial charge in [-0.05, 0) is 30.4 Å². The predicted octanol–water partition coefficient (Wildman–Crippen LogP) is 2.48. The smallest absolute Gasteiger partial charge is 0.233 e. The quantitative estimate of drug-likeness (QED) is 0.674. The van der Waals surface area contributed by atoms with Crippen LogP contribution in [0.1, 0.15) is 12.8 Å². The molecule has 1 aromatic carbocycles. The molecule has 1 N–H and O–H groups in total. The number of halogens is 1. The molecule has 124 valence electrons. The molecule has 1 aliphatic heterocycles. The van der Waals surface area contributed by atoms with E-state index in [1.165, 1.54) is 4.90 Å². The number of hydrogen-bond acceptors (Lipinski definition) is 3. The first-order valence-electron chi connectivity index (χ1n) is 8.14. The standard InChI is InChI=1S/C18H17ClN2O3/c19-12-3-1-2-4-13(12)20-14(22)7-8-21-17(23)15-10-5-6-11(9-10)16(15)18(21)24/h1-6,10-11,15-16H,7-9H2,(H,20,22). The molecule has 0 aromatic heterocycles. The highest BCUT2D eigenvalue weighted by Crippen LogP contribution is 2.52. The van der Waals surface area contributed by atoms with E-state index in [1.54, 1.807) is 24.3 Å². The molecule has 4 unspecified atom stereocenters. The number of anilines is 1. The van der Waals surface area contributed by atoms with Crippen LogP contribution in [-0.4, -0.2) is 29.2 Å². The van der Waals surface area contributed by atoms with Crippen molar-refractivity contribution in [3.05, 3.63) is 41.4 Å². The molecular weight excluding hydrogens is 328 g/mol. The van der Waals surface area contributed by atoms with Gasteiger partial charge in [-0.25, -0.2) is 0 Å². The zero-order valence-corrected chi connectivity index (χ0v) is 13.7. The lowest BCUT2D eigenvalue weighted by Crippen LogP contribution is -2.35. The third kappa shape index (κ3) is 2.35. The number of benzene rings is 1. The summed E-state index contributed by atoms with van der Waals surface area (Å²) in [6.45, 7) is 0.125. The molecule has 6 heteroatoms. The van der Waals surface area contributed by atoms with Crippen molar-refractivity contribution in [2.24, 2.45) is 23.7 Å². The first-order chi connectivity index (χ1) is 11.6. The summed E-state index contributed by atoms with van der Waals surface area (Å²) in [6.07, 6.45) is 5.10. The van der Waals surface area contributed by atoms with E-state index in [0.29, 0.717) is 10.7 Å². The fourth-order valence-electron chi connectivity index (χ4n) is 4.17. The molecule has 4 rings (SSSR count). The molecule has 1 saturated heterocycles. The highest BCUT2D eigenvalue weighted by Gasteiger charge is 2.58. The minimum atomic E-state index is -0.262. The summed E-state index contributed by atoms with van der Waals surface area (Å²) in [6, 6.07) is 6.95. The van der Waals surface area contributed by atoms with Gasteiger partial charge in [0.15, 0.2) is 0 Å². The molecule has 2 bridgehead atoms. The van der Waals surface area contributed by atoms with Crippen molar-refractivity contribution in [3.63, 3.8) is 0 Å². The van der Waals surface area contributed by atoms with Crippen LogP contribution in [0, 0.1) is 23.7 Å². The molecule has 1 heterocycles. The van der Waals surface area contributed by atoms with Gasteiger partial charge in [-0.15, -0.1) is 0 Å². The number of nitrogens with one attached hydrogen (secondary N) is 1. The van der Waals surface area contributed by atoms with Gasteiger partial charge in [0.1, 0.15) is 0 Å². The van der Waals surface area contributed by atoms with Gasteiger partial charge in [0.05, 0.1) is 22.5 Å². The summed E-state index contributed by atoms with van der Waals surface area (Å²) >= 11 is 6.01. The number of nitrogens with zero attached hydrogens (tertiary/aromatic N) is 1. The van der Waals surface area contributed by atoms with E-state index in [4.69, 9.17) is 11.6 Å². The number of imide groups is 1. The number of para-hydroxylation sites is 1. The fourth-order valence-corrected chi connectivity index (χ4v) is 4.36. The van der Waals surface area contributed by atoms with E-state index in [1.807, 2.05) is 0 Å². The number of allylic oxidation sites excluding steroid dienone is 2. The normalized spacial score (nSPS) is 30.1. The van der Waals surface area contributed by atoms with E-state index in [2.05, 4.69) is 17.5 Å². The lowest BCUT2D eigenvalue weighted by atomic mass is 9.85. The summed E-state index contributed by atoms with van der Waals surface area (Å²) in [5, 5.41) is 3.17. The summed E-state index contributed by atoms with van der Waals surface area (Å²) in [7, 11) is 0. The van der Waals surface area contributed by atoms with Crippen LogP contribution in [0.25, 0.3) is 0 Å². The summed E-state index contributed by atoms with van der Waals surface area (Å²) in [5.41, 5.74) is 0.530. The molecule has 2 fully saturated rings. The van der Waals surface area contributed by atoms with Gasteiger partial charge in [0.2, 0.25) is 17.7 Å². The molecule has 3 aliphatic rings. The summed E-state index contributed by atoms with van der Waals surface area (Å²) in [4.78, 5) is 38.4. The predicted molar refractivity (Wildman–Crippen MR) is 89.1 cm³/mol. The highest BCUT2D eigenvalue weighted by molar-refractivity contribution is 6.33. The van der Waals surface area contributed by atoms with E-state index in [-0.39, 0.29) is 54.4 Å². The van der Waals surface area contributed by atoms with Crippen LogP contribution in [-0.2, 0) is 14.4 Å². The monoisotopic (exact) mass is 344 g/mol. The Morgan fingerprint density at radius 3 is 2.38 bits per heavy atom. The number of fused-ring (bicyclic) bond motifs is 5. The van der Waals surface area contributed by atoms with Crippen molar-refractivity contribution in [3.8, 4) is 0 Å². The van der Waals surface area contributed by atoms with Crippen molar-refractivity contribution >= 4 is 35.0 Å². The lowest BCUT2D eigenvalue weighted by molar-refractivity contribution is -0.140. The molecule has 1 saturated carbocycles. The number of amides is 3. The maximum absolute atomic E-state index is 12.5. The molecule has 5 nitrogen and oxygen atoms in total. The van der Waals surface area contributed by atoms with Crippen LogP contribution in [0.3, 0.4) is 0 Å². The average molecular weight is 345 g/mol. The first-order valence-corrected chi connectivity index (χ1v) is 8.52. The van der Waals surface area contributed by atoms with Crippen LogP contribution in [0.5, 0.6) is 0 Å². The van der Waals surface area contributed by atoms with Crippen LogP contribution in [0.4, 0.5) is 5.69 Å². The third-order valence-electron chi connectivity index (χ3n) is 5.27. The molecule has 4 atom stereocenters. The zero-order chi connectivity index (χ0) is 16.8. The average Bonchev–Trinajstić information content (AvgIpc) is 3.23. The Morgan fingerprint density at radius 2 is 1.75 bits per heavy atom. The van der Waals surface area contributed by atoms with Gasteiger partial charge in [-0.1, -0.05) is 35.9 Å². The Labute approximate surface area is 144 Å². The van der Waals surface area contributed by atoms with Gasteiger partial charge in [-0.3, -0.25) is 19.3 Å². The van der Waals surface area contributed by atoms with Gasteiger partial charge in [0.25, 0.3) is 0 Å². The molecule has 0 spiro atoms. The Hall–Kier alpha value is -2.14. The fraction of sp³-hybridized carbons (Fsp3) is 0.389. The molecule has 3 amide bonds. The third-order valence-corrected chi connectivity index (χ3v) is 5.60.